The van der Waals surface area contributed by atoms with Gasteiger partial charge in [0.2, 0.25) is 0 Å². The standard InChI is InChI=1S/C16H15ClN2O2/c1-11(18-19-14-4-2-3-13(17)10-14)12-5-6-15-16(9-12)21-8-7-20-15/h2-6,9-10,19H,7-8H2,1H3/b18-11-. The SMILES string of the molecule is C/C(=N/Nc1cccc(Cl)c1)c1ccc2c(c1)OCCO2. The summed E-state index contributed by atoms with van der Waals surface area (Å²) in [6.07, 6.45) is 0. The topological polar surface area (TPSA) is 42.9 Å². The summed E-state index contributed by atoms with van der Waals surface area (Å²) >= 11 is 5.94. The number of hydrazone groups is 1. The van der Waals surface area contributed by atoms with Crippen LogP contribution in [0.3, 0.4) is 0 Å². The lowest BCUT2D eigenvalue weighted by Gasteiger charge is -2.18. The highest BCUT2D eigenvalue weighted by molar-refractivity contribution is 6.30. The molecule has 2 aromatic rings. The second-order valence-corrected chi connectivity index (χ2v) is 5.11. The molecule has 0 spiro atoms. The highest BCUT2D eigenvalue weighted by Crippen LogP contribution is 2.30. The fourth-order valence-electron chi connectivity index (χ4n) is 2.04. The minimum Gasteiger partial charge on any atom is -0.486 e. The molecule has 1 aliphatic heterocycles. The van der Waals surface area contributed by atoms with Crippen molar-refractivity contribution in [3.05, 3.63) is 53.1 Å². The molecule has 0 aromatic heterocycles. The Bertz CT molecular complexity index is 686. The van der Waals surface area contributed by atoms with E-state index < -0.39 is 0 Å². The zero-order valence-electron chi connectivity index (χ0n) is 11.6. The van der Waals surface area contributed by atoms with Gasteiger partial charge < -0.3 is 9.47 Å². The maximum atomic E-state index is 5.94. The number of hydrogen-bond donors (Lipinski definition) is 1. The lowest BCUT2D eigenvalue weighted by Crippen LogP contribution is -2.15. The fraction of sp³-hybridized carbons (Fsp3) is 0.188. The molecule has 0 amide bonds. The number of rotatable bonds is 3. The zero-order chi connectivity index (χ0) is 14.7. The van der Waals surface area contributed by atoms with Crippen LogP contribution < -0.4 is 14.9 Å². The predicted molar refractivity (Wildman–Crippen MR) is 84.7 cm³/mol. The molecular weight excluding hydrogens is 288 g/mol. The lowest BCUT2D eigenvalue weighted by molar-refractivity contribution is 0.171. The molecule has 108 valence electrons. The van der Waals surface area contributed by atoms with E-state index in [2.05, 4.69) is 10.5 Å². The van der Waals surface area contributed by atoms with Crippen LogP contribution in [-0.4, -0.2) is 18.9 Å². The summed E-state index contributed by atoms with van der Waals surface area (Å²) in [4.78, 5) is 0. The van der Waals surface area contributed by atoms with Crippen molar-refractivity contribution in [3.8, 4) is 11.5 Å². The summed E-state index contributed by atoms with van der Waals surface area (Å²) in [5.41, 5.74) is 5.68. The van der Waals surface area contributed by atoms with Gasteiger partial charge in [-0.15, -0.1) is 0 Å². The number of benzene rings is 2. The van der Waals surface area contributed by atoms with Crippen molar-refractivity contribution in [2.75, 3.05) is 18.6 Å². The number of ether oxygens (including phenoxy) is 2. The average molecular weight is 303 g/mol. The molecule has 0 fully saturated rings. The van der Waals surface area contributed by atoms with Gasteiger partial charge in [0.1, 0.15) is 13.2 Å². The van der Waals surface area contributed by atoms with Crippen molar-refractivity contribution < 1.29 is 9.47 Å². The molecule has 0 saturated heterocycles. The average Bonchev–Trinajstić information content (AvgIpc) is 2.52. The minimum atomic E-state index is 0.577. The zero-order valence-corrected chi connectivity index (χ0v) is 12.4. The summed E-state index contributed by atoms with van der Waals surface area (Å²) < 4.78 is 11.1. The first-order valence-electron chi connectivity index (χ1n) is 6.68. The molecule has 3 rings (SSSR count). The summed E-state index contributed by atoms with van der Waals surface area (Å²) in [5, 5.41) is 5.04. The van der Waals surface area contributed by atoms with E-state index in [1.165, 1.54) is 0 Å². The van der Waals surface area contributed by atoms with Crippen molar-refractivity contribution in [3.63, 3.8) is 0 Å². The van der Waals surface area contributed by atoms with Crippen LogP contribution >= 0.6 is 11.6 Å². The third kappa shape index (κ3) is 3.28. The first-order chi connectivity index (χ1) is 10.2. The van der Waals surface area contributed by atoms with Gasteiger partial charge in [-0.2, -0.15) is 5.10 Å². The van der Waals surface area contributed by atoms with Crippen LogP contribution in [0.25, 0.3) is 0 Å². The number of hydrogen-bond acceptors (Lipinski definition) is 4. The number of anilines is 1. The van der Waals surface area contributed by atoms with Gasteiger partial charge in [0.25, 0.3) is 0 Å². The van der Waals surface area contributed by atoms with Crippen LogP contribution in [0.1, 0.15) is 12.5 Å². The van der Waals surface area contributed by atoms with E-state index in [0.717, 1.165) is 28.5 Å². The molecule has 0 radical (unpaired) electrons. The summed E-state index contributed by atoms with van der Waals surface area (Å²) in [6, 6.07) is 13.2. The van der Waals surface area contributed by atoms with Gasteiger partial charge >= 0.3 is 0 Å². The molecule has 0 saturated carbocycles. The molecule has 1 heterocycles. The molecule has 0 aliphatic carbocycles. The first-order valence-corrected chi connectivity index (χ1v) is 7.06. The Morgan fingerprint density at radius 3 is 2.71 bits per heavy atom. The first kappa shape index (κ1) is 13.8. The van der Waals surface area contributed by atoms with Gasteiger partial charge in [-0.05, 0) is 43.3 Å². The van der Waals surface area contributed by atoms with Crippen LogP contribution in [0.4, 0.5) is 5.69 Å². The van der Waals surface area contributed by atoms with Crippen molar-refractivity contribution in [1.82, 2.24) is 0 Å². The van der Waals surface area contributed by atoms with Crippen LogP contribution in [0, 0.1) is 0 Å². The maximum Gasteiger partial charge on any atom is 0.162 e. The molecule has 0 unspecified atom stereocenters. The van der Waals surface area contributed by atoms with Gasteiger partial charge in [0.15, 0.2) is 11.5 Å². The van der Waals surface area contributed by atoms with Crippen molar-refractivity contribution in [1.29, 1.82) is 0 Å². The van der Waals surface area contributed by atoms with Gasteiger partial charge in [0, 0.05) is 10.6 Å². The second kappa shape index (κ2) is 6.06. The van der Waals surface area contributed by atoms with E-state index >= 15 is 0 Å². The number of fused-ring (bicyclic) bond motifs is 1. The van der Waals surface area contributed by atoms with E-state index in [9.17, 15) is 0 Å². The normalized spacial score (nSPS) is 13.9. The van der Waals surface area contributed by atoms with Gasteiger partial charge in [-0.25, -0.2) is 0 Å². The molecule has 0 bridgehead atoms. The predicted octanol–water partition coefficient (Wildman–Crippen LogP) is 3.95. The number of nitrogens with zero attached hydrogens (tertiary/aromatic N) is 1. The monoisotopic (exact) mass is 302 g/mol. The fourth-order valence-corrected chi connectivity index (χ4v) is 2.23. The molecule has 1 N–H and O–H groups in total. The van der Waals surface area contributed by atoms with E-state index in [0.29, 0.717) is 18.2 Å². The van der Waals surface area contributed by atoms with Gasteiger partial charge in [0.05, 0.1) is 11.4 Å². The molecule has 4 nitrogen and oxygen atoms in total. The van der Waals surface area contributed by atoms with Crippen molar-refractivity contribution >= 4 is 23.0 Å². The van der Waals surface area contributed by atoms with Gasteiger partial charge in [-0.3, -0.25) is 5.43 Å². The third-order valence-corrected chi connectivity index (χ3v) is 3.37. The summed E-state index contributed by atoms with van der Waals surface area (Å²) in [6.45, 7) is 3.10. The molecule has 0 atom stereocenters. The smallest absolute Gasteiger partial charge is 0.162 e. The largest absolute Gasteiger partial charge is 0.486 e. The molecule has 5 heteroatoms. The number of nitrogens with one attached hydrogen (secondary N) is 1. The Balaban J connectivity index is 1.78. The molecule has 2 aromatic carbocycles. The molecular formula is C16H15ClN2O2. The van der Waals surface area contributed by atoms with E-state index in [1.54, 1.807) is 0 Å². The minimum absolute atomic E-state index is 0.577. The Morgan fingerprint density at radius 1 is 1.10 bits per heavy atom. The van der Waals surface area contributed by atoms with Crippen LogP contribution in [0.15, 0.2) is 47.6 Å². The Labute approximate surface area is 128 Å². The Kier molecular flexibility index (Phi) is 3.97. The maximum absolute atomic E-state index is 5.94. The Hall–Kier alpha value is -2.20. The van der Waals surface area contributed by atoms with E-state index in [4.69, 9.17) is 21.1 Å². The van der Waals surface area contributed by atoms with E-state index in [1.807, 2.05) is 49.4 Å². The Morgan fingerprint density at radius 2 is 1.90 bits per heavy atom. The summed E-state index contributed by atoms with van der Waals surface area (Å²) in [7, 11) is 0. The molecule has 1 aliphatic rings. The summed E-state index contributed by atoms with van der Waals surface area (Å²) in [5.74, 6) is 1.54. The third-order valence-electron chi connectivity index (χ3n) is 3.14. The van der Waals surface area contributed by atoms with Crippen molar-refractivity contribution in [2.24, 2.45) is 5.10 Å². The highest BCUT2D eigenvalue weighted by Gasteiger charge is 2.12. The van der Waals surface area contributed by atoms with E-state index in [-0.39, 0.29) is 0 Å². The number of halogens is 1. The van der Waals surface area contributed by atoms with Crippen LogP contribution in [-0.2, 0) is 0 Å². The quantitative estimate of drug-likeness (QED) is 0.689. The van der Waals surface area contributed by atoms with Crippen LogP contribution in [0.5, 0.6) is 11.5 Å². The van der Waals surface area contributed by atoms with Crippen molar-refractivity contribution in [2.45, 2.75) is 6.92 Å². The lowest BCUT2D eigenvalue weighted by atomic mass is 10.1. The highest BCUT2D eigenvalue weighted by atomic mass is 35.5. The van der Waals surface area contributed by atoms with Crippen LogP contribution in [0.2, 0.25) is 5.02 Å². The molecule has 21 heavy (non-hydrogen) atoms. The second-order valence-electron chi connectivity index (χ2n) is 4.68. The van der Waals surface area contributed by atoms with Gasteiger partial charge in [-0.1, -0.05) is 17.7 Å².